The lowest BCUT2D eigenvalue weighted by atomic mass is 9.85. The molecular formula is C70H54N4. The van der Waals surface area contributed by atoms with Crippen LogP contribution in [0.4, 0.5) is 34.1 Å². The van der Waals surface area contributed by atoms with E-state index in [1.165, 1.54) is 115 Å². The Morgan fingerprint density at radius 3 is 1.24 bits per heavy atom. The van der Waals surface area contributed by atoms with E-state index >= 15 is 0 Å². The Morgan fingerprint density at radius 1 is 0.297 bits per heavy atom. The number of aromatic nitrogens is 2. The zero-order chi connectivity index (χ0) is 49.8. The van der Waals surface area contributed by atoms with E-state index in [9.17, 15) is 0 Å². The Hall–Kier alpha value is -8.86. The summed E-state index contributed by atoms with van der Waals surface area (Å²) < 4.78 is 5.29. The number of fused-ring (bicyclic) bond motifs is 15. The summed E-state index contributed by atoms with van der Waals surface area (Å²) in [5, 5.41) is 15.1. The molecule has 0 amide bonds. The molecule has 15 aromatic rings. The first-order chi connectivity index (χ1) is 36.0. The number of nitrogens with zero attached hydrogens (tertiary/aromatic N) is 4. The number of benzene rings is 11. The van der Waals surface area contributed by atoms with Gasteiger partial charge < -0.3 is 18.6 Å². The summed E-state index contributed by atoms with van der Waals surface area (Å²) in [6, 6.07) is 81.8. The summed E-state index contributed by atoms with van der Waals surface area (Å²) in [6.07, 6.45) is 0. The van der Waals surface area contributed by atoms with Crippen molar-refractivity contribution < 1.29 is 0 Å². The second kappa shape index (κ2) is 15.3. The molecule has 354 valence electrons. The smallest absolute Gasteiger partial charge is 0.0789 e. The highest BCUT2D eigenvalue weighted by molar-refractivity contribution is 6.35. The van der Waals surface area contributed by atoms with Crippen LogP contribution in [-0.4, -0.2) is 8.80 Å². The van der Waals surface area contributed by atoms with Crippen LogP contribution in [-0.2, 0) is 10.8 Å². The molecule has 0 saturated heterocycles. The maximum Gasteiger partial charge on any atom is 0.0789 e. The number of hydrogen-bond acceptors (Lipinski definition) is 2. The first-order valence-electron chi connectivity index (χ1n) is 26.1. The van der Waals surface area contributed by atoms with Gasteiger partial charge in [-0.15, -0.1) is 0 Å². The van der Waals surface area contributed by atoms with Crippen molar-refractivity contribution >= 4 is 132 Å². The van der Waals surface area contributed by atoms with Gasteiger partial charge in [0.25, 0.3) is 0 Å². The summed E-state index contributed by atoms with van der Waals surface area (Å²) in [5.74, 6) is 0. The van der Waals surface area contributed by atoms with Crippen LogP contribution in [0.15, 0.2) is 218 Å². The lowest BCUT2D eigenvalue weighted by Gasteiger charge is -2.29. The monoisotopic (exact) mass is 950 g/mol. The zero-order valence-corrected chi connectivity index (χ0v) is 42.6. The Kier molecular flexibility index (Phi) is 8.87. The quantitative estimate of drug-likeness (QED) is 0.165. The van der Waals surface area contributed by atoms with Gasteiger partial charge in [0.05, 0.1) is 44.5 Å². The zero-order valence-electron chi connectivity index (χ0n) is 42.6. The standard InChI is InChI=1S/C70H54N4/c1-69(2,3)45-37-56-53-41-61-59(42-60(53)73-64(56)57(38-45)55-36-44-24-20-22-34-52(44)67(68(55)73)72(49-29-15-9-16-30-49)50-31-17-10-18-32-50)63-51-33-21-19-23-43(51)35-54-58-39-46(70(4,5)6)40-62(65(58)74(61)66(54)63)71(47-25-11-7-12-26-47)48-27-13-8-14-28-48/h7-42H,1-6H3. The van der Waals surface area contributed by atoms with Gasteiger partial charge in [-0.05, 0) is 135 Å². The largest absolute Gasteiger partial charge is 0.308 e. The topological polar surface area (TPSA) is 15.3 Å². The highest BCUT2D eigenvalue weighted by Gasteiger charge is 2.31. The molecule has 0 aliphatic rings. The second-order valence-electron chi connectivity index (χ2n) is 22.6. The fraction of sp³-hybridized carbons (Fsp3) is 0.114. The molecule has 4 heteroatoms. The summed E-state index contributed by atoms with van der Waals surface area (Å²) in [5.41, 5.74) is 16.6. The third-order valence-electron chi connectivity index (χ3n) is 16.1. The van der Waals surface area contributed by atoms with Gasteiger partial charge in [-0.2, -0.15) is 0 Å². The van der Waals surface area contributed by atoms with Gasteiger partial charge >= 0.3 is 0 Å². The van der Waals surface area contributed by atoms with E-state index in [1.54, 1.807) is 0 Å². The number of anilines is 6. The first-order valence-corrected chi connectivity index (χ1v) is 26.1. The maximum atomic E-state index is 2.64. The van der Waals surface area contributed by atoms with Crippen molar-refractivity contribution in [3.8, 4) is 0 Å². The first kappa shape index (κ1) is 42.8. The van der Waals surface area contributed by atoms with Gasteiger partial charge in [0.2, 0.25) is 0 Å². The van der Waals surface area contributed by atoms with Gasteiger partial charge in [-0.3, -0.25) is 0 Å². The van der Waals surface area contributed by atoms with Crippen LogP contribution < -0.4 is 9.80 Å². The molecule has 0 bridgehead atoms. The number of para-hydroxylation sites is 4. The van der Waals surface area contributed by atoms with Crippen LogP contribution in [0.1, 0.15) is 52.7 Å². The van der Waals surface area contributed by atoms with Crippen LogP contribution in [0.2, 0.25) is 0 Å². The van der Waals surface area contributed by atoms with Crippen molar-refractivity contribution in [2.24, 2.45) is 0 Å². The molecule has 0 saturated carbocycles. The molecule has 0 fully saturated rings. The molecule has 0 aliphatic heterocycles. The van der Waals surface area contributed by atoms with E-state index in [4.69, 9.17) is 0 Å². The van der Waals surface area contributed by atoms with Crippen LogP contribution in [0.25, 0.3) is 97.7 Å². The highest BCUT2D eigenvalue weighted by Crippen LogP contribution is 2.53. The molecule has 0 N–H and O–H groups in total. The van der Waals surface area contributed by atoms with Crippen molar-refractivity contribution in [1.82, 2.24) is 8.80 Å². The van der Waals surface area contributed by atoms with Gasteiger partial charge in [-0.25, -0.2) is 0 Å². The van der Waals surface area contributed by atoms with E-state index in [-0.39, 0.29) is 10.8 Å². The second-order valence-corrected chi connectivity index (χ2v) is 22.6. The Bertz CT molecular complexity index is 4630. The minimum Gasteiger partial charge on any atom is -0.308 e. The fourth-order valence-corrected chi connectivity index (χ4v) is 12.6. The van der Waals surface area contributed by atoms with E-state index in [1.807, 2.05) is 0 Å². The van der Waals surface area contributed by atoms with Crippen molar-refractivity contribution in [3.63, 3.8) is 0 Å². The SMILES string of the molecule is CC(C)(C)c1cc(N(c2ccccc2)c2ccccc2)c2c(c1)c1cc3ccccc3c3c4cc5c(cc4n2c13)c1cc(C(C)(C)C)cc2c3cc4ccccc4c(N(c4ccccc4)c4ccccc4)c3n5c12. The third kappa shape index (κ3) is 6.03. The highest BCUT2D eigenvalue weighted by atomic mass is 15.2. The lowest BCUT2D eigenvalue weighted by molar-refractivity contribution is 0.591. The van der Waals surface area contributed by atoms with Gasteiger partial charge in [0.1, 0.15) is 0 Å². The van der Waals surface area contributed by atoms with Crippen molar-refractivity contribution in [2.75, 3.05) is 9.80 Å². The predicted octanol–water partition coefficient (Wildman–Crippen LogP) is 19.8. The predicted molar refractivity (Wildman–Crippen MR) is 318 cm³/mol. The summed E-state index contributed by atoms with van der Waals surface area (Å²) in [7, 11) is 0. The van der Waals surface area contributed by atoms with Gasteiger partial charge in [-0.1, -0.05) is 163 Å². The van der Waals surface area contributed by atoms with Crippen LogP contribution in [0, 0.1) is 0 Å². The molecular weight excluding hydrogens is 897 g/mol. The lowest BCUT2D eigenvalue weighted by Crippen LogP contribution is -2.15. The molecule has 0 unspecified atom stereocenters. The molecule has 15 rings (SSSR count). The molecule has 4 aromatic heterocycles. The number of rotatable bonds is 6. The molecule has 4 heterocycles. The van der Waals surface area contributed by atoms with Crippen LogP contribution in [0.3, 0.4) is 0 Å². The van der Waals surface area contributed by atoms with Gasteiger partial charge in [0, 0.05) is 71.2 Å². The fourth-order valence-electron chi connectivity index (χ4n) is 12.6. The van der Waals surface area contributed by atoms with Crippen molar-refractivity contribution in [3.05, 3.63) is 230 Å². The van der Waals surface area contributed by atoms with Crippen LogP contribution >= 0.6 is 0 Å². The minimum absolute atomic E-state index is 0.103. The Balaban J connectivity index is 1.18. The third-order valence-corrected chi connectivity index (χ3v) is 16.1. The molecule has 4 nitrogen and oxygen atoms in total. The van der Waals surface area contributed by atoms with E-state index < -0.39 is 0 Å². The Labute approximate surface area is 430 Å². The van der Waals surface area contributed by atoms with Crippen molar-refractivity contribution in [1.29, 1.82) is 0 Å². The maximum absolute atomic E-state index is 2.64. The summed E-state index contributed by atoms with van der Waals surface area (Å²) >= 11 is 0. The van der Waals surface area contributed by atoms with E-state index in [0.29, 0.717) is 0 Å². The Morgan fingerprint density at radius 2 is 0.689 bits per heavy atom. The minimum atomic E-state index is -0.112. The van der Waals surface area contributed by atoms with E-state index in [2.05, 4.69) is 279 Å². The van der Waals surface area contributed by atoms with Crippen molar-refractivity contribution in [2.45, 2.75) is 52.4 Å². The molecule has 0 atom stereocenters. The molecule has 0 radical (unpaired) electrons. The normalized spacial score (nSPS) is 12.7. The van der Waals surface area contributed by atoms with Crippen LogP contribution in [0.5, 0.6) is 0 Å². The summed E-state index contributed by atoms with van der Waals surface area (Å²) in [6.45, 7) is 14.1. The molecule has 11 aromatic carbocycles. The average Bonchev–Trinajstić information content (AvgIpc) is 4.17. The average molecular weight is 951 g/mol. The summed E-state index contributed by atoms with van der Waals surface area (Å²) in [4.78, 5) is 4.98. The number of hydrogen-bond donors (Lipinski definition) is 0. The molecule has 74 heavy (non-hydrogen) atoms. The molecule has 0 aliphatic carbocycles. The van der Waals surface area contributed by atoms with Gasteiger partial charge in [0.15, 0.2) is 0 Å². The molecule has 0 spiro atoms. The van der Waals surface area contributed by atoms with E-state index in [0.717, 1.165) is 28.4 Å².